The number of allylic oxidation sites excluding steroid dienone is 11. The highest BCUT2D eigenvalue weighted by atomic mass is 16.6. The highest BCUT2D eigenvalue weighted by Crippen LogP contribution is 2.43. The molecule has 1 aliphatic carbocycles. The molecule has 0 radical (unpaired) electrons. The molecule has 25 heteroatoms. The molecule has 5 N–H and O–H groups in total. The Balaban J connectivity index is 0.760. The van der Waals surface area contributed by atoms with Crippen LogP contribution in [0.3, 0.4) is 0 Å². The van der Waals surface area contributed by atoms with E-state index in [9.17, 15) is 38.7 Å². The summed E-state index contributed by atoms with van der Waals surface area (Å²) in [6.45, 7) is 11.6. The zero-order chi connectivity index (χ0) is 69.2. The van der Waals surface area contributed by atoms with Crippen LogP contribution in [0.5, 0.6) is 23.0 Å². The molecule has 0 spiro atoms. The Morgan fingerprint density at radius 3 is 1.95 bits per heavy atom. The van der Waals surface area contributed by atoms with Crippen LogP contribution >= 0.6 is 0 Å². The summed E-state index contributed by atoms with van der Waals surface area (Å²) in [5.41, 5.74) is 4.50. The van der Waals surface area contributed by atoms with Crippen molar-refractivity contribution in [2.45, 2.75) is 104 Å². The Hall–Kier alpha value is -9.66. The quantitative estimate of drug-likeness (QED) is 0.0346. The molecule has 5 aliphatic rings. The normalized spacial score (nSPS) is 18.3. The molecule has 0 saturated carbocycles. The van der Waals surface area contributed by atoms with Gasteiger partial charge >= 0.3 is 6.09 Å². The molecule has 3 aromatic rings. The lowest BCUT2D eigenvalue weighted by atomic mass is 10.0. The van der Waals surface area contributed by atoms with Gasteiger partial charge in [-0.25, -0.2) is 9.69 Å². The first-order valence-corrected chi connectivity index (χ1v) is 32.5. The van der Waals surface area contributed by atoms with Gasteiger partial charge in [-0.1, -0.05) is 92.8 Å². The standard InChI is InChI=1S/C72H88N8O17/c1-8-16-51-36-54-43-74-57-41-62(60(89-6)39-55(57)69(85)78(54)44-51)95-26-15-27-96-63-42-58-56(40-61(63)90-7)70(86)79-45-52(17-9-2)37-59(79)71(87)80(58)72(88)97-46-50-20-22-53(23-21-50)76-67(83)48(5)75-68(84)66(47(3)4)77-64(81)24-28-91-30-32-93-34-35-94-33-31-92-29-25-73-65(82)38-49-18-13-11-10-12-14-19-49/h8-14,16-23,39-45,47-48,54,59,66,71,87H,15,24-38,46H2,1-7H3,(H,73,82)(H,75,84)(H,76,83)(H,77,81)/b11-10-,12-10?,13-11?,14-12-,16-8+,17-9+,18-13?,19-14?,49-18?,49-19?/t48-,54-,59-,66-,71-/m0/s1. The maximum absolute atomic E-state index is 14.4. The van der Waals surface area contributed by atoms with Crippen LogP contribution in [-0.4, -0.2) is 180 Å². The summed E-state index contributed by atoms with van der Waals surface area (Å²) in [7, 11) is 2.91. The zero-order valence-corrected chi connectivity index (χ0v) is 56.0. The topological polar surface area (TPSA) is 293 Å². The average molecular weight is 1340 g/mol. The summed E-state index contributed by atoms with van der Waals surface area (Å²) in [4.78, 5) is 103. The van der Waals surface area contributed by atoms with Crippen molar-refractivity contribution < 1.29 is 81.3 Å². The van der Waals surface area contributed by atoms with E-state index in [2.05, 4.69) is 26.3 Å². The molecule has 7 amide bonds. The van der Waals surface area contributed by atoms with Gasteiger partial charge in [0.2, 0.25) is 23.6 Å². The van der Waals surface area contributed by atoms with Gasteiger partial charge in [-0.15, -0.1) is 0 Å². The first kappa shape index (κ1) is 73.2. The van der Waals surface area contributed by atoms with Gasteiger partial charge in [-0.3, -0.25) is 33.8 Å². The van der Waals surface area contributed by atoms with Crippen molar-refractivity contribution >= 4 is 64.8 Å². The molecule has 8 rings (SSSR count). The average Bonchev–Trinajstić information content (AvgIpc) is 1.67. The molecule has 0 fully saturated rings. The number of hydrogen-bond acceptors (Lipinski definition) is 18. The third-order valence-corrected chi connectivity index (χ3v) is 15.9. The van der Waals surface area contributed by atoms with E-state index in [0.717, 1.165) is 21.6 Å². The number of amides is 7. The van der Waals surface area contributed by atoms with Gasteiger partial charge in [-0.05, 0) is 86.1 Å². The van der Waals surface area contributed by atoms with Crippen molar-refractivity contribution in [2.75, 3.05) is 97.0 Å². The summed E-state index contributed by atoms with van der Waals surface area (Å²) in [6.07, 6.45) is 25.1. The molecule has 0 unspecified atom stereocenters. The van der Waals surface area contributed by atoms with Gasteiger partial charge in [0, 0.05) is 55.8 Å². The number of aliphatic hydroxyl groups is 1. The summed E-state index contributed by atoms with van der Waals surface area (Å²) in [6, 6.07) is 9.64. The Labute approximate surface area is 565 Å². The minimum atomic E-state index is -1.58. The number of fused-ring (bicyclic) bond motifs is 4. The van der Waals surface area contributed by atoms with Gasteiger partial charge in [-0.2, -0.15) is 0 Å². The number of benzene rings is 3. The maximum atomic E-state index is 14.4. The van der Waals surface area contributed by atoms with E-state index in [1.165, 1.54) is 38.2 Å². The fourth-order valence-corrected chi connectivity index (χ4v) is 10.9. The van der Waals surface area contributed by atoms with Crippen molar-refractivity contribution in [3.63, 3.8) is 0 Å². The van der Waals surface area contributed by atoms with E-state index in [4.69, 9.17) is 42.6 Å². The Morgan fingerprint density at radius 2 is 1.28 bits per heavy atom. The zero-order valence-electron chi connectivity index (χ0n) is 56.0. The molecule has 0 saturated heterocycles. The number of carbonyl (C=O) groups is 7. The van der Waals surface area contributed by atoms with Crippen LogP contribution < -0.4 is 45.1 Å². The molecule has 5 atom stereocenters. The van der Waals surface area contributed by atoms with Crippen molar-refractivity contribution in [1.29, 1.82) is 0 Å². The number of carbonyl (C=O) groups excluding carboxylic acids is 7. The van der Waals surface area contributed by atoms with Crippen LogP contribution in [0.15, 0.2) is 149 Å². The second kappa shape index (κ2) is 37.0. The number of rotatable bonds is 35. The monoisotopic (exact) mass is 1340 g/mol. The molecule has 0 bridgehead atoms. The maximum Gasteiger partial charge on any atom is 0.416 e. The lowest BCUT2D eigenvalue weighted by Gasteiger charge is -2.31. The lowest BCUT2D eigenvalue weighted by molar-refractivity contribution is -0.132. The van der Waals surface area contributed by atoms with Crippen LogP contribution in [0.4, 0.5) is 21.9 Å². The summed E-state index contributed by atoms with van der Waals surface area (Å²) in [5, 5.41) is 23.2. The number of anilines is 2. The molecule has 97 heavy (non-hydrogen) atoms. The summed E-state index contributed by atoms with van der Waals surface area (Å²) in [5.74, 6) is -1.48. The van der Waals surface area contributed by atoms with Crippen molar-refractivity contribution in [1.82, 2.24) is 25.8 Å². The van der Waals surface area contributed by atoms with E-state index in [1.54, 1.807) is 67.6 Å². The van der Waals surface area contributed by atoms with Gasteiger partial charge in [0.05, 0.1) is 121 Å². The van der Waals surface area contributed by atoms with E-state index in [1.807, 2.05) is 86.9 Å². The molecule has 518 valence electrons. The Kier molecular flexibility index (Phi) is 27.9. The minimum absolute atomic E-state index is 0.00982. The first-order chi connectivity index (χ1) is 47.0. The van der Waals surface area contributed by atoms with Gasteiger partial charge in [0.15, 0.2) is 29.2 Å². The largest absolute Gasteiger partial charge is 0.493 e. The smallest absolute Gasteiger partial charge is 0.416 e. The van der Waals surface area contributed by atoms with Crippen LogP contribution in [0.2, 0.25) is 0 Å². The number of ether oxygens (including phenoxy) is 9. The molecule has 0 aromatic heterocycles. The van der Waals surface area contributed by atoms with Crippen LogP contribution in [0.1, 0.15) is 93.0 Å². The van der Waals surface area contributed by atoms with Gasteiger partial charge in [0.25, 0.3) is 11.8 Å². The molecular formula is C72H88N8O17. The SMILES string of the molecule is C/C=C/C1=CN2C(=O)c3cc(OC)c(OCCCOc4cc5c(cc4OC)C(=O)N4C=C(/C=C/C)C[C@H]4[C@H](O)N5C(=O)OCc4ccc(NC(=O)[C@H](C)NC(=O)[C@@H](NC(=O)CCOCCOCCOCCOCCNC(=O)CC5=C/C=C\C=C/C=C5)C(C)C)cc4)cc3N=C[C@@H]2C1. The minimum Gasteiger partial charge on any atom is -0.493 e. The first-order valence-electron chi connectivity index (χ1n) is 32.5. The number of methoxy groups -OCH3 is 2. The summed E-state index contributed by atoms with van der Waals surface area (Å²) >= 11 is 0. The molecule has 3 aromatic carbocycles. The van der Waals surface area contributed by atoms with Crippen molar-refractivity contribution in [2.24, 2.45) is 10.9 Å². The third-order valence-electron chi connectivity index (χ3n) is 15.9. The Morgan fingerprint density at radius 1 is 0.670 bits per heavy atom. The predicted octanol–water partition coefficient (Wildman–Crippen LogP) is 8.25. The fourth-order valence-electron chi connectivity index (χ4n) is 10.9. The Bertz CT molecular complexity index is 3570. The summed E-state index contributed by atoms with van der Waals surface area (Å²) < 4.78 is 51.8. The van der Waals surface area contributed by atoms with E-state index < -0.39 is 54.1 Å². The van der Waals surface area contributed by atoms with Gasteiger partial charge < -0.3 is 78.8 Å². The van der Waals surface area contributed by atoms with Crippen molar-refractivity contribution in [3.05, 3.63) is 161 Å². The van der Waals surface area contributed by atoms with E-state index >= 15 is 0 Å². The van der Waals surface area contributed by atoms with E-state index in [-0.39, 0.29) is 105 Å². The number of nitrogens with one attached hydrogen (secondary N) is 4. The second-order valence-corrected chi connectivity index (χ2v) is 23.4. The molecule has 4 aliphatic heterocycles. The van der Waals surface area contributed by atoms with E-state index in [0.29, 0.717) is 86.4 Å². The lowest BCUT2D eigenvalue weighted by Crippen LogP contribution is -2.53. The van der Waals surface area contributed by atoms with Crippen LogP contribution in [0.25, 0.3) is 0 Å². The fraction of sp³-hybridized carbons (Fsp3) is 0.417. The number of aliphatic imine (C=N–C) groups is 1. The van der Waals surface area contributed by atoms with Crippen LogP contribution in [-0.2, 0) is 49.5 Å². The number of nitrogens with zero attached hydrogens (tertiary/aromatic N) is 4. The van der Waals surface area contributed by atoms with Crippen LogP contribution in [0, 0.1) is 5.92 Å². The van der Waals surface area contributed by atoms with Gasteiger partial charge in [0.1, 0.15) is 18.7 Å². The predicted molar refractivity (Wildman–Crippen MR) is 364 cm³/mol. The number of aliphatic hydroxyl groups excluding tert-OH is 1. The molecular weight excluding hydrogens is 1250 g/mol. The molecule has 25 nitrogen and oxygen atoms in total. The van der Waals surface area contributed by atoms with Crippen molar-refractivity contribution in [3.8, 4) is 23.0 Å². The highest BCUT2D eigenvalue weighted by Gasteiger charge is 2.45. The highest BCUT2D eigenvalue weighted by molar-refractivity contribution is 6.07. The molecule has 4 heterocycles. The second-order valence-electron chi connectivity index (χ2n) is 23.4. The third kappa shape index (κ3) is 20.7. The number of hydrogen-bond donors (Lipinski definition) is 5.